The standard InChI is InChI=1S/C20H28N2O2/c23-19(24)14-20(9-4-10-20)22-11-7-16(8-12-22)21-18-13-17(18)15-5-2-1-3-6-15/h1-3,5-6,16-18,21H,4,7-14H2,(H,23,24)/t17-,18+/m0/s1. The van der Waals surface area contributed by atoms with Crippen molar-refractivity contribution in [2.75, 3.05) is 13.1 Å². The van der Waals surface area contributed by atoms with Crippen LogP contribution < -0.4 is 5.32 Å². The molecule has 0 unspecified atom stereocenters. The SMILES string of the molecule is O=C(O)CC1(N2CCC(N[C@@H]3C[C@H]3c3ccccc3)CC2)CCC1. The molecule has 2 atom stereocenters. The van der Waals surface area contributed by atoms with Crippen molar-refractivity contribution in [3.05, 3.63) is 35.9 Å². The molecule has 1 saturated heterocycles. The molecule has 2 saturated carbocycles. The van der Waals surface area contributed by atoms with Crippen molar-refractivity contribution in [2.24, 2.45) is 0 Å². The fourth-order valence-electron chi connectivity index (χ4n) is 4.74. The molecule has 1 aliphatic heterocycles. The summed E-state index contributed by atoms with van der Waals surface area (Å²) in [5, 5.41) is 13.1. The average Bonchev–Trinajstić information content (AvgIpc) is 3.32. The number of hydrogen-bond acceptors (Lipinski definition) is 3. The number of hydrogen-bond donors (Lipinski definition) is 2. The van der Waals surface area contributed by atoms with Crippen molar-refractivity contribution < 1.29 is 9.90 Å². The van der Waals surface area contributed by atoms with E-state index in [4.69, 9.17) is 0 Å². The van der Waals surface area contributed by atoms with Crippen molar-refractivity contribution in [2.45, 2.75) is 68.5 Å². The molecule has 3 aliphatic rings. The van der Waals surface area contributed by atoms with Crippen molar-refractivity contribution >= 4 is 5.97 Å². The van der Waals surface area contributed by atoms with Crippen LogP contribution in [0.25, 0.3) is 0 Å². The Bertz CT molecular complexity index is 577. The molecule has 0 bridgehead atoms. The minimum absolute atomic E-state index is 0.0248. The topological polar surface area (TPSA) is 52.6 Å². The lowest BCUT2D eigenvalue weighted by Gasteiger charge is -2.52. The van der Waals surface area contributed by atoms with E-state index in [-0.39, 0.29) is 5.54 Å². The largest absolute Gasteiger partial charge is 0.481 e. The van der Waals surface area contributed by atoms with Gasteiger partial charge >= 0.3 is 5.97 Å². The van der Waals surface area contributed by atoms with Gasteiger partial charge in [0, 0.05) is 36.6 Å². The van der Waals surface area contributed by atoms with E-state index in [0.29, 0.717) is 24.4 Å². The lowest BCUT2D eigenvalue weighted by atomic mass is 9.72. The quantitative estimate of drug-likeness (QED) is 0.843. The van der Waals surface area contributed by atoms with Gasteiger partial charge in [0.2, 0.25) is 0 Å². The molecule has 1 aromatic rings. The summed E-state index contributed by atoms with van der Waals surface area (Å²) < 4.78 is 0. The molecule has 0 spiro atoms. The van der Waals surface area contributed by atoms with Crippen LogP contribution in [-0.4, -0.2) is 46.7 Å². The van der Waals surface area contributed by atoms with E-state index >= 15 is 0 Å². The summed E-state index contributed by atoms with van der Waals surface area (Å²) in [6.45, 7) is 2.10. The fraction of sp³-hybridized carbons (Fsp3) is 0.650. The van der Waals surface area contributed by atoms with E-state index in [0.717, 1.165) is 38.8 Å². The predicted octanol–water partition coefficient (Wildman–Crippen LogP) is 2.99. The summed E-state index contributed by atoms with van der Waals surface area (Å²) in [5.74, 6) is 0.0489. The number of nitrogens with one attached hydrogen (secondary N) is 1. The first-order valence-corrected chi connectivity index (χ1v) is 9.44. The van der Waals surface area contributed by atoms with Gasteiger partial charge in [-0.1, -0.05) is 30.3 Å². The zero-order valence-electron chi connectivity index (χ0n) is 14.3. The Hall–Kier alpha value is -1.39. The summed E-state index contributed by atoms with van der Waals surface area (Å²) in [6.07, 6.45) is 7.20. The van der Waals surface area contributed by atoms with Crippen LogP contribution in [0.4, 0.5) is 0 Å². The highest BCUT2D eigenvalue weighted by molar-refractivity contribution is 5.68. The second kappa shape index (κ2) is 6.49. The maximum Gasteiger partial charge on any atom is 0.305 e. The van der Waals surface area contributed by atoms with Crippen molar-refractivity contribution in [3.8, 4) is 0 Å². The average molecular weight is 328 g/mol. The zero-order valence-corrected chi connectivity index (χ0v) is 14.3. The highest BCUT2D eigenvalue weighted by Gasteiger charge is 2.46. The van der Waals surface area contributed by atoms with Gasteiger partial charge in [-0.3, -0.25) is 9.69 Å². The van der Waals surface area contributed by atoms with Gasteiger partial charge in [0.25, 0.3) is 0 Å². The Morgan fingerprint density at radius 1 is 1.21 bits per heavy atom. The van der Waals surface area contributed by atoms with Gasteiger partial charge in [-0.25, -0.2) is 0 Å². The van der Waals surface area contributed by atoms with Crippen LogP contribution in [0.1, 0.15) is 56.4 Å². The third-order valence-corrected chi connectivity index (χ3v) is 6.40. The van der Waals surface area contributed by atoms with E-state index in [9.17, 15) is 9.90 Å². The van der Waals surface area contributed by atoms with Crippen LogP contribution in [0.5, 0.6) is 0 Å². The third kappa shape index (κ3) is 3.22. The van der Waals surface area contributed by atoms with Gasteiger partial charge in [0.15, 0.2) is 0 Å². The molecular formula is C20H28N2O2. The second-order valence-electron chi connectivity index (χ2n) is 7.94. The van der Waals surface area contributed by atoms with E-state index < -0.39 is 5.97 Å². The molecule has 1 aromatic carbocycles. The molecule has 2 N–H and O–H groups in total. The molecular weight excluding hydrogens is 300 g/mol. The summed E-state index contributed by atoms with van der Waals surface area (Å²) in [5.41, 5.74) is 1.44. The number of carbonyl (C=O) groups is 1. The van der Waals surface area contributed by atoms with Crippen molar-refractivity contribution in [3.63, 3.8) is 0 Å². The molecule has 4 nitrogen and oxygen atoms in total. The van der Waals surface area contributed by atoms with Crippen LogP contribution in [0.3, 0.4) is 0 Å². The number of carboxylic acid groups (broad SMARTS) is 1. The van der Waals surface area contributed by atoms with Gasteiger partial charge in [0.05, 0.1) is 6.42 Å². The number of nitrogens with zero attached hydrogens (tertiary/aromatic N) is 1. The first-order valence-electron chi connectivity index (χ1n) is 9.44. The zero-order chi connectivity index (χ0) is 16.6. The lowest BCUT2D eigenvalue weighted by molar-refractivity contribution is -0.143. The molecule has 1 heterocycles. The first kappa shape index (κ1) is 16.1. The molecule has 130 valence electrons. The smallest absolute Gasteiger partial charge is 0.305 e. The summed E-state index contributed by atoms with van der Waals surface area (Å²) in [4.78, 5) is 13.7. The van der Waals surface area contributed by atoms with Crippen LogP contribution in [0.15, 0.2) is 30.3 Å². The molecule has 2 aliphatic carbocycles. The molecule has 4 rings (SSSR count). The van der Waals surface area contributed by atoms with Crippen LogP contribution >= 0.6 is 0 Å². The maximum atomic E-state index is 11.2. The molecule has 0 radical (unpaired) electrons. The molecule has 3 fully saturated rings. The Morgan fingerprint density at radius 2 is 1.92 bits per heavy atom. The van der Waals surface area contributed by atoms with Gasteiger partial charge in [-0.05, 0) is 44.1 Å². The van der Waals surface area contributed by atoms with Crippen molar-refractivity contribution in [1.82, 2.24) is 10.2 Å². The normalized spacial score (nSPS) is 29.8. The maximum absolute atomic E-state index is 11.2. The Kier molecular flexibility index (Phi) is 4.35. The molecule has 24 heavy (non-hydrogen) atoms. The Balaban J connectivity index is 1.26. The van der Waals surface area contributed by atoms with Crippen LogP contribution in [0.2, 0.25) is 0 Å². The highest BCUT2D eigenvalue weighted by atomic mass is 16.4. The molecule has 4 heteroatoms. The summed E-state index contributed by atoms with van der Waals surface area (Å²) in [6, 6.07) is 12.1. The van der Waals surface area contributed by atoms with Gasteiger partial charge in [0.1, 0.15) is 0 Å². The monoisotopic (exact) mass is 328 g/mol. The second-order valence-corrected chi connectivity index (χ2v) is 7.94. The number of piperidine rings is 1. The molecule has 0 amide bonds. The number of aliphatic carboxylic acids is 1. The lowest BCUT2D eigenvalue weighted by Crippen LogP contribution is -2.58. The van der Waals surface area contributed by atoms with Gasteiger partial charge in [-0.2, -0.15) is 0 Å². The van der Waals surface area contributed by atoms with E-state index in [1.54, 1.807) is 0 Å². The third-order valence-electron chi connectivity index (χ3n) is 6.40. The van der Waals surface area contributed by atoms with Gasteiger partial charge in [-0.15, -0.1) is 0 Å². The minimum atomic E-state index is -0.640. The van der Waals surface area contributed by atoms with E-state index in [1.165, 1.54) is 18.4 Å². The Morgan fingerprint density at radius 3 is 2.50 bits per heavy atom. The number of rotatable bonds is 6. The molecule has 0 aromatic heterocycles. The summed E-state index contributed by atoms with van der Waals surface area (Å²) >= 11 is 0. The fourth-order valence-corrected chi connectivity index (χ4v) is 4.74. The summed E-state index contributed by atoms with van der Waals surface area (Å²) in [7, 11) is 0. The van der Waals surface area contributed by atoms with E-state index in [1.807, 2.05) is 0 Å². The predicted molar refractivity (Wildman–Crippen MR) is 94.2 cm³/mol. The number of carboxylic acids is 1. The van der Waals surface area contributed by atoms with Crippen LogP contribution in [-0.2, 0) is 4.79 Å². The number of likely N-dealkylation sites (tertiary alicyclic amines) is 1. The van der Waals surface area contributed by atoms with Crippen LogP contribution in [0, 0.1) is 0 Å². The Labute approximate surface area is 144 Å². The minimum Gasteiger partial charge on any atom is -0.481 e. The van der Waals surface area contributed by atoms with Crippen molar-refractivity contribution in [1.29, 1.82) is 0 Å². The highest BCUT2D eigenvalue weighted by Crippen LogP contribution is 2.43. The van der Waals surface area contributed by atoms with E-state index in [2.05, 4.69) is 40.5 Å². The number of benzene rings is 1. The first-order chi connectivity index (χ1) is 11.7. The van der Waals surface area contributed by atoms with Gasteiger partial charge < -0.3 is 10.4 Å².